The lowest BCUT2D eigenvalue weighted by Crippen LogP contribution is -2.31. The minimum absolute atomic E-state index is 0.103. The SMILES string of the molecule is CC(C(=O)Nc1ccnn1C(C)C)C(N)c1ccccc1. The van der Waals surface area contributed by atoms with Crippen molar-refractivity contribution in [3.05, 3.63) is 48.2 Å². The molecule has 0 aliphatic carbocycles. The molecular weight excluding hydrogens is 264 g/mol. The third kappa shape index (κ3) is 3.49. The van der Waals surface area contributed by atoms with E-state index in [1.807, 2.05) is 51.1 Å². The average molecular weight is 286 g/mol. The number of nitrogens with two attached hydrogens (primary N) is 1. The van der Waals surface area contributed by atoms with Gasteiger partial charge in [0.2, 0.25) is 5.91 Å². The fourth-order valence-corrected chi connectivity index (χ4v) is 2.19. The molecule has 2 unspecified atom stereocenters. The Kier molecular flexibility index (Phi) is 4.75. The Morgan fingerprint density at radius 2 is 1.86 bits per heavy atom. The molecular formula is C16H22N4O. The van der Waals surface area contributed by atoms with Crippen LogP contribution in [0.1, 0.15) is 38.4 Å². The third-order valence-electron chi connectivity index (χ3n) is 3.55. The summed E-state index contributed by atoms with van der Waals surface area (Å²) in [6.45, 7) is 5.87. The maximum absolute atomic E-state index is 12.4. The molecule has 5 nitrogen and oxygen atoms in total. The van der Waals surface area contributed by atoms with Gasteiger partial charge >= 0.3 is 0 Å². The van der Waals surface area contributed by atoms with Crippen LogP contribution in [-0.2, 0) is 4.79 Å². The van der Waals surface area contributed by atoms with E-state index < -0.39 is 0 Å². The minimum Gasteiger partial charge on any atom is -0.323 e. The Hall–Kier alpha value is -2.14. The molecule has 112 valence electrons. The molecule has 1 heterocycles. The lowest BCUT2D eigenvalue weighted by atomic mass is 9.95. The van der Waals surface area contributed by atoms with Gasteiger partial charge in [-0.2, -0.15) is 5.10 Å². The van der Waals surface area contributed by atoms with Crippen molar-refractivity contribution in [2.75, 3.05) is 5.32 Å². The second-order valence-electron chi connectivity index (χ2n) is 5.47. The molecule has 2 atom stereocenters. The van der Waals surface area contributed by atoms with Gasteiger partial charge < -0.3 is 11.1 Å². The van der Waals surface area contributed by atoms with Crippen LogP contribution in [0, 0.1) is 5.92 Å². The summed E-state index contributed by atoms with van der Waals surface area (Å²) >= 11 is 0. The topological polar surface area (TPSA) is 72.9 Å². The molecule has 2 aromatic rings. The van der Waals surface area contributed by atoms with Crippen LogP contribution < -0.4 is 11.1 Å². The summed E-state index contributed by atoms with van der Waals surface area (Å²) in [6.07, 6.45) is 1.68. The maximum Gasteiger partial charge on any atom is 0.230 e. The number of rotatable bonds is 5. The summed E-state index contributed by atoms with van der Waals surface area (Å²) < 4.78 is 1.78. The zero-order valence-corrected chi connectivity index (χ0v) is 12.7. The van der Waals surface area contributed by atoms with Gasteiger partial charge in [-0.3, -0.25) is 4.79 Å². The fraction of sp³-hybridized carbons (Fsp3) is 0.375. The number of anilines is 1. The molecule has 1 aromatic carbocycles. The quantitative estimate of drug-likeness (QED) is 0.887. The molecule has 21 heavy (non-hydrogen) atoms. The molecule has 2 rings (SSSR count). The Balaban J connectivity index is 2.08. The lowest BCUT2D eigenvalue weighted by Gasteiger charge is -2.20. The van der Waals surface area contributed by atoms with E-state index in [9.17, 15) is 4.79 Å². The first-order valence-electron chi connectivity index (χ1n) is 7.15. The number of aromatic nitrogens is 2. The van der Waals surface area contributed by atoms with Crippen LogP contribution in [0.3, 0.4) is 0 Å². The Morgan fingerprint density at radius 1 is 1.19 bits per heavy atom. The van der Waals surface area contributed by atoms with E-state index in [4.69, 9.17) is 5.73 Å². The van der Waals surface area contributed by atoms with Crippen LogP contribution in [-0.4, -0.2) is 15.7 Å². The number of amides is 1. The normalized spacial score (nSPS) is 14.0. The second-order valence-corrected chi connectivity index (χ2v) is 5.47. The van der Waals surface area contributed by atoms with Crippen LogP contribution >= 0.6 is 0 Å². The van der Waals surface area contributed by atoms with Crippen LogP contribution in [0.5, 0.6) is 0 Å². The number of benzene rings is 1. The van der Waals surface area contributed by atoms with E-state index in [0.717, 1.165) is 5.56 Å². The van der Waals surface area contributed by atoms with Crippen LogP contribution in [0.4, 0.5) is 5.82 Å². The molecule has 0 saturated heterocycles. The molecule has 5 heteroatoms. The highest BCUT2D eigenvalue weighted by Crippen LogP contribution is 2.21. The largest absolute Gasteiger partial charge is 0.323 e. The van der Waals surface area contributed by atoms with Crippen LogP contribution in [0.25, 0.3) is 0 Å². The molecule has 3 N–H and O–H groups in total. The summed E-state index contributed by atoms with van der Waals surface area (Å²) in [7, 11) is 0. The van der Waals surface area contributed by atoms with Gasteiger partial charge in [-0.25, -0.2) is 4.68 Å². The summed E-state index contributed by atoms with van der Waals surface area (Å²) in [4.78, 5) is 12.4. The van der Waals surface area contributed by atoms with Crippen molar-refractivity contribution in [1.82, 2.24) is 9.78 Å². The number of carbonyl (C=O) groups is 1. The predicted molar refractivity (Wildman–Crippen MR) is 83.8 cm³/mol. The minimum atomic E-state index is -0.332. The van der Waals surface area contributed by atoms with E-state index in [1.54, 1.807) is 16.9 Å². The predicted octanol–water partition coefficient (Wildman–Crippen LogP) is 2.74. The molecule has 0 spiro atoms. The average Bonchev–Trinajstić information content (AvgIpc) is 2.95. The number of carbonyl (C=O) groups excluding carboxylic acids is 1. The van der Waals surface area contributed by atoms with Gasteiger partial charge in [-0.15, -0.1) is 0 Å². The number of nitrogens with one attached hydrogen (secondary N) is 1. The molecule has 1 aromatic heterocycles. The molecule has 0 radical (unpaired) electrons. The van der Waals surface area contributed by atoms with Gasteiger partial charge in [0.05, 0.1) is 12.1 Å². The van der Waals surface area contributed by atoms with E-state index in [-0.39, 0.29) is 23.9 Å². The zero-order valence-electron chi connectivity index (χ0n) is 12.7. The van der Waals surface area contributed by atoms with Gasteiger partial charge in [0, 0.05) is 18.2 Å². The fourth-order valence-electron chi connectivity index (χ4n) is 2.19. The second kappa shape index (κ2) is 6.54. The van der Waals surface area contributed by atoms with Crippen molar-refractivity contribution < 1.29 is 4.79 Å². The van der Waals surface area contributed by atoms with Gasteiger partial charge in [0.15, 0.2) is 0 Å². The molecule has 0 aliphatic heterocycles. The summed E-state index contributed by atoms with van der Waals surface area (Å²) in [5.41, 5.74) is 7.14. The van der Waals surface area contributed by atoms with Crippen LogP contribution in [0.2, 0.25) is 0 Å². The highest BCUT2D eigenvalue weighted by molar-refractivity contribution is 5.92. The lowest BCUT2D eigenvalue weighted by molar-refractivity contribution is -0.120. The summed E-state index contributed by atoms with van der Waals surface area (Å²) in [6, 6.07) is 11.3. The standard InChI is InChI=1S/C16H22N4O/c1-11(2)20-14(9-10-18-20)19-16(21)12(3)15(17)13-7-5-4-6-8-13/h4-12,15H,17H2,1-3H3,(H,19,21). The van der Waals surface area contributed by atoms with Crippen LogP contribution in [0.15, 0.2) is 42.6 Å². The van der Waals surface area contributed by atoms with Crippen molar-refractivity contribution in [2.45, 2.75) is 32.9 Å². The van der Waals surface area contributed by atoms with Crippen molar-refractivity contribution in [3.63, 3.8) is 0 Å². The zero-order chi connectivity index (χ0) is 15.4. The summed E-state index contributed by atoms with van der Waals surface area (Å²) in [5.74, 6) is 0.263. The third-order valence-corrected chi connectivity index (χ3v) is 3.55. The molecule has 1 amide bonds. The van der Waals surface area contributed by atoms with Gasteiger partial charge in [-0.05, 0) is 19.4 Å². The highest BCUT2D eigenvalue weighted by atomic mass is 16.2. The van der Waals surface area contributed by atoms with E-state index in [1.165, 1.54) is 0 Å². The maximum atomic E-state index is 12.4. The molecule has 0 aliphatic rings. The first-order valence-corrected chi connectivity index (χ1v) is 7.15. The van der Waals surface area contributed by atoms with Crippen molar-refractivity contribution in [2.24, 2.45) is 11.7 Å². The number of nitrogens with zero attached hydrogens (tertiary/aromatic N) is 2. The first kappa shape index (κ1) is 15.3. The molecule has 0 saturated carbocycles. The highest BCUT2D eigenvalue weighted by Gasteiger charge is 2.23. The van der Waals surface area contributed by atoms with Gasteiger partial charge in [0.1, 0.15) is 5.82 Å². The van der Waals surface area contributed by atoms with Crippen molar-refractivity contribution >= 4 is 11.7 Å². The molecule has 0 fully saturated rings. The van der Waals surface area contributed by atoms with E-state index >= 15 is 0 Å². The van der Waals surface area contributed by atoms with Crippen molar-refractivity contribution in [1.29, 1.82) is 0 Å². The number of hydrogen-bond acceptors (Lipinski definition) is 3. The number of hydrogen-bond donors (Lipinski definition) is 2. The Labute approximate surface area is 125 Å². The van der Waals surface area contributed by atoms with Crippen molar-refractivity contribution in [3.8, 4) is 0 Å². The smallest absolute Gasteiger partial charge is 0.230 e. The van der Waals surface area contributed by atoms with Gasteiger partial charge in [-0.1, -0.05) is 37.3 Å². The Morgan fingerprint density at radius 3 is 2.48 bits per heavy atom. The first-order chi connectivity index (χ1) is 10.0. The van der Waals surface area contributed by atoms with E-state index in [2.05, 4.69) is 10.4 Å². The van der Waals surface area contributed by atoms with Gasteiger partial charge in [0.25, 0.3) is 0 Å². The summed E-state index contributed by atoms with van der Waals surface area (Å²) in [5, 5.41) is 7.11. The Bertz CT molecular complexity index is 591. The monoisotopic (exact) mass is 286 g/mol. The molecule has 0 bridgehead atoms. The van der Waals surface area contributed by atoms with E-state index in [0.29, 0.717) is 5.82 Å².